The number of ether oxygens (including phenoxy) is 1. The van der Waals surface area contributed by atoms with Crippen molar-refractivity contribution in [2.45, 2.75) is 52.7 Å². The third kappa shape index (κ3) is 3.85. The summed E-state index contributed by atoms with van der Waals surface area (Å²) in [5.74, 6) is 1.06. The van der Waals surface area contributed by atoms with E-state index in [1.54, 1.807) is 4.90 Å². The maximum absolute atomic E-state index is 13.0. The second kappa shape index (κ2) is 6.93. The fourth-order valence-corrected chi connectivity index (χ4v) is 4.51. The van der Waals surface area contributed by atoms with Crippen LogP contribution in [-0.4, -0.2) is 45.6 Å². The van der Waals surface area contributed by atoms with Crippen molar-refractivity contribution >= 4 is 22.9 Å². The lowest BCUT2D eigenvalue weighted by atomic mass is 9.95. The second-order valence-corrected chi connectivity index (χ2v) is 9.99. The highest BCUT2D eigenvalue weighted by Gasteiger charge is 2.61. The molecule has 1 aliphatic carbocycles. The van der Waals surface area contributed by atoms with Crippen molar-refractivity contribution in [2.24, 2.45) is 17.8 Å². The van der Waals surface area contributed by atoms with Crippen LogP contribution in [0.15, 0.2) is 24.3 Å². The number of likely N-dealkylation sites (tertiary alicyclic amines) is 1. The van der Waals surface area contributed by atoms with Gasteiger partial charge in [0, 0.05) is 24.4 Å². The Morgan fingerprint density at radius 3 is 2.33 bits per heavy atom. The Kier molecular flexibility index (Phi) is 4.75. The Labute approximate surface area is 177 Å². The van der Waals surface area contributed by atoms with Crippen LogP contribution in [-0.2, 0) is 15.1 Å². The lowest BCUT2D eigenvalue weighted by molar-refractivity contribution is -0.125. The van der Waals surface area contributed by atoms with Crippen LogP contribution in [0.4, 0.5) is 4.79 Å². The number of carbonyl (C=O) groups is 2. The third-order valence-corrected chi connectivity index (χ3v) is 5.89. The number of fused-ring (bicyclic) bond motifs is 2. The van der Waals surface area contributed by atoms with E-state index in [-0.39, 0.29) is 29.8 Å². The highest BCUT2D eigenvalue weighted by molar-refractivity contribution is 5.86. The van der Waals surface area contributed by atoms with E-state index in [4.69, 9.17) is 4.74 Å². The van der Waals surface area contributed by atoms with Crippen molar-refractivity contribution in [3.8, 4) is 0 Å². The van der Waals surface area contributed by atoms with Gasteiger partial charge in [-0.2, -0.15) is 0 Å². The zero-order valence-corrected chi connectivity index (χ0v) is 18.5. The Morgan fingerprint density at radius 2 is 1.70 bits per heavy atom. The van der Waals surface area contributed by atoms with E-state index in [0.717, 1.165) is 16.6 Å². The number of aromatic nitrogens is 2. The molecular formula is C23H30N4O3. The normalized spacial score (nSPS) is 23.3. The van der Waals surface area contributed by atoms with E-state index in [2.05, 4.69) is 15.3 Å². The second-order valence-electron chi connectivity index (χ2n) is 9.99. The molecule has 1 saturated heterocycles. The van der Waals surface area contributed by atoms with Crippen molar-refractivity contribution in [3.05, 3.63) is 35.8 Å². The summed E-state index contributed by atoms with van der Waals surface area (Å²) >= 11 is 0. The molecule has 0 radical (unpaired) electrons. The Bertz CT molecular complexity index is 999. The highest BCUT2D eigenvalue weighted by Crippen LogP contribution is 2.52. The average molecular weight is 411 g/mol. The molecule has 1 aliphatic heterocycles. The molecule has 0 spiro atoms. The van der Waals surface area contributed by atoms with Crippen molar-refractivity contribution in [1.82, 2.24) is 20.2 Å². The fraction of sp³-hybridized carbons (Fsp3) is 0.565. The maximum atomic E-state index is 13.0. The van der Waals surface area contributed by atoms with Gasteiger partial charge in [-0.15, -0.1) is 0 Å². The number of amides is 2. The van der Waals surface area contributed by atoms with E-state index in [1.165, 1.54) is 0 Å². The molecule has 2 aromatic rings. The molecule has 3 atom stereocenters. The number of benzene rings is 1. The third-order valence-electron chi connectivity index (χ3n) is 5.89. The molecule has 2 unspecified atom stereocenters. The van der Waals surface area contributed by atoms with Crippen LogP contribution in [0.25, 0.3) is 10.9 Å². The molecule has 30 heavy (non-hydrogen) atoms. The van der Waals surface area contributed by atoms with E-state index < -0.39 is 11.1 Å². The van der Waals surface area contributed by atoms with E-state index in [1.807, 2.05) is 65.8 Å². The molecule has 2 aliphatic rings. The van der Waals surface area contributed by atoms with Crippen molar-refractivity contribution in [2.75, 3.05) is 13.1 Å². The van der Waals surface area contributed by atoms with Gasteiger partial charge in [0.1, 0.15) is 11.4 Å². The lowest BCUT2D eigenvalue weighted by Gasteiger charge is -2.29. The quantitative estimate of drug-likeness (QED) is 0.838. The van der Waals surface area contributed by atoms with Crippen LogP contribution in [0, 0.1) is 24.7 Å². The summed E-state index contributed by atoms with van der Waals surface area (Å²) in [7, 11) is 0. The van der Waals surface area contributed by atoms with Gasteiger partial charge < -0.3 is 15.0 Å². The average Bonchev–Trinajstić information content (AvgIpc) is 3.13. The summed E-state index contributed by atoms with van der Waals surface area (Å²) in [6, 6.07) is 7.86. The first-order valence-electron chi connectivity index (χ1n) is 10.5. The van der Waals surface area contributed by atoms with Gasteiger partial charge in [-0.05, 0) is 59.4 Å². The maximum Gasteiger partial charge on any atom is 0.410 e. The predicted octanol–water partition coefficient (Wildman–Crippen LogP) is 3.40. The predicted molar refractivity (Wildman–Crippen MR) is 114 cm³/mol. The fourth-order valence-electron chi connectivity index (χ4n) is 4.51. The first-order chi connectivity index (χ1) is 14.0. The topological polar surface area (TPSA) is 84.4 Å². The number of hydrogen-bond acceptors (Lipinski definition) is 5. The highest BCUT2D eigenvalue weighted by atomic mass is 16.6. The number of rotatable bonds is 3. The van der Waals surface area contributed by atoms with Gasteiger partial charge in [-0.1, -0.05) is 18.2 Å². The van der Waals surface area contributed by atoms with Gasteiger partial charge in [0.05, 0.1) is 16.7 Å². The number of nitrogens with one attached hydrogen (secondary N) is 1. The van der Waals surface area contributed by atoms with Gasteiger partial charge in [0.15, 0.2) is 0 Å². The molecule has 2 heterocycles. The molecular weight excluding hydrogens is 380 g/mol. The molecule has 0 bridgehead atoms. The molecule has 1 aromatic heterocycles. The van der Waals surface area contributed by atoms with Gasteiger partial charge in [0.2, 0.25) is 5.91 Å². The molecule has 2 fully saturated rings. The molecule has 7 nitrogen and oxygen atoms in total. The van der Waals surface area contributed by atoms with Crippen LogP contribution < -0.4 is 5.32 Å². The van der Waals surface area contributed by atoms with Crippen LogP contribution in [0.2, 0.25) is 0 Å². The molecule has 160 valence electrons. The van der Waals surface area contributed by atoms with Crippen LogP contribution >= 0.6 is 0 Å². The van der Waals surface area contributed by atoms with E-state index >= 15 is 0 Å². The summed E-state index contributed by atoms with van der Waals surface area (Å²) in [6.07, 6.45) is -0.294. The number of carbonyl (C=O) groups excluding carboxylic acids is 2. The summed E-state index contributed by atoms with van der Waals surface area (Å²) in [6.45, 7) is 12.6. The zero-order valence-electron chi connectivity index (χ0n) is 18.5. The summed E-state index contributed by atoms with van der Waals surface area (Å²) in [5, 5.41) is 4.15. The minimum atomic E-state index is -0.633. The summed E-state index contributed by atoms with van der Waals surface area (Å²) < 4.78 is 5.45. The molecule has 1 saturated carbocycles. The molecule has 1 aromatic carbocycles. The molecule has 4 rings (SSSR count). The van der Waals surface area contributed by atoms with Gasteiger partial charge in [-0.25, -0.2) is 14.8 Å². The first-order valence-corrected chi connectivity index (χ1v) is 10.5. The van der Waals surface area contributed by atoms with E-state index in [0.29, 0.717) is 18.9 Å². The largest absolute Gasteiger partial charge is 0.444 e. The van der Waals surface area contributed by atoms with Crippen molar-refractivity contribution in [3.63, 3.8) is 0 Å². The van der Waals surface area contributed by atoms with Crippen LogP contribution in [0.1, 0.15) is 46.1 Å². The summed E-state index contributed by atoms with van der Waals surface area (Å²) in [4.78, 5) is 36.2. The zero-order chi connectivity index (χ0) is 21.8. The van der Waals surface area contributed by atoms with Crippen LogP contribution in [0.3, 0.4) is 0 Å². The Hall–Kier alpha value is -2.70. The Morgan fingerprint density at radius 1 is 1.07 bits per heavy atom. The minimum absolute atomic E-state index is 0.0270. The van der Waals surface area contributed by atoms with Crippen LogP contribution in [0.5, 0.6) is 0 Å². The first kappa shape index (κ1) is 20.6. The van der Waals surface area contributed by atoms with E-state index in [9.17, 15) is 9.59 Å². The number of nitrogens with zero attached hydrogens (tertiary/aromatic N) is 3. The minimum Gasteiger partial charge on any atom is -0.444 e. The number of piperidine rings is 1. The van der Waals surface area contributed by atoms with Crippen molar-refractivity contribution in [1.29, 1.82) is 0 Å². The lowest BCUT2D eigenvalue weighted by Crippen LogP contribution is -2.44. The number of aryl methyl sites for hydroxylation is 1. The standard InChI is InChI=1S/C23H30N4O3/c1-13-24-17-10-8-7-9-14(17)19(25-13)23(5,6)26-20(28)18-15-11-27(12-16(15)18)21(29)30-22(2,3)4/h7-10,15-16,18H,11-12H2,1-6H3,(H,26,28)/t15-,16?,18?/m1/s1. The van der Waals surface area contributed by atoms with Gasteiger partial charge in [-0.3, -0.25) is 4.79 Å². The summed E-state index contributed by atoms with van der Waals surface area (Å²) in [5.41, 5.74) is 0.550. The monoisotopic (exact) mass is 410 g/mol. The SMILES string of the molecule is Cc1nc(C(C)(C)NC(=O)C2C3CN(C(=O)OC(C)(C)C)C[C@H]32)c2ccccc2n1. The number of para-hydroxylation sites is 1. The van der Waals surface area contributed by atoms with Crippen molar-refractivity contribution < 1.29 is 14.3 Å². The molecule has 7 heteroatoms. The molecule has 2 amide bonds. The molecule has 1 N–H and O–H groups in total. The van der Waals surface area contributed by atoms with Gasteiger partial charge >= 0.3 is 6.09 Å². The van der Waals surface area contributed by atoms with Gasteiger partial charge in [0.25, 0.3) is 0 Å². The Balaban J connectivity index is 1.43. The smallest absolute Gasteiger partial charge is 0.410 e. The number of hydrogen-bond donors (Lipinski definition) is 1.